The highest BCUT2D eigenvalue weighted by Crippen LogP contribution is 2.33. The minimum atomic E-state index is -1.19. The molecular formula is C56H84N4O6. The van der Waals surface area contributed by atoms with Crippen molar-refractivity contribution in [2.24, 2.45) is 23.7 Å². The number of fused-ring (bicyclic) bond motifs is 8. The van der Waals surface area contributed by atoms with Crippen molar-refractivity contribution in [3.05, 3.63) is 80.9 Å². The number of aromatic amines is 2. The summed E-state index contributed by atoms with van der Waals surface area (Å²) in [7, 11) is 0. The van der Waals surface area contributed by atoms with Crippen molar-refractivity contribution in [1.82, 2.24) is 19.9 Å². The minimum absolute atomic E-state index is 0.162. The van der Waals surface area contributed by atoms with E-state index in [0.717, 1.165) is 106 Å². The minimum Gasteiger partial charge on any atom is -0.390 e. The number of aromatic nitrogens is 4. The van der Waals surface area contributed by atoms with Gasteiger partial charge in [-0.1, -0.05) is 39.3 Å². The molecule has 7 unspecified atom stereocenters. The Kier molecular flexibility index (Phi) is 18.1. The van der Waals surface area contributed by atoms with Gasteiger partial charge in [0, 0.05) is 38.8 Å². The second-order valence-corrected chi connectivity index (χ2v) is 22.3. The molecule has 0 fully saturated rings. The lowest BCUT2D eigenvalue weighted by molar-refractivity contribution is -0.0534. The molecule has 0 spiro atoms. The summed E-state index contributed by atoms with van der Waals surface area (Å²) < 4.78 is 0. The zero-order valence-electron chi connectivity index (χ0n) is 42.3. The average Bonchev–Trinajstić information content (AvgIpc) is 4.07. The largest absolute Gasteiger partial charge is 0.390 e. The van der Waals surface area contributed by atoms with Gasteiger partial charge in [0.1, 0.15) is 0 Å². The maximum Gasteiger partial charge on any atom is 0.0849 e. The lowest BCUT2D eigenvalue weighted by atomic mass is 9.90. The van der Waals surface area contributed by atoms with E-state index in [0.29, 0.717) is 44.4 Å². The summed E-state index contributed by atoms with van der Waals surface area (Å²) in [6.45, 7) is 23.1. The molecule has 5 heterocycles. The third kappa shape index (κ3) is 14.8. The smallest absolute Gasteiger partial charge is 0.0849 e. The summed E-state index contributed by atoms with van der Waals surface area (Å²) in [5.41, 5.74) is 9.72. The molecule has 0 saturated heterocycles. The monoisotopic (exact) mass is 909 g/mol. The molecule has 10 nitrogen and oxygen atoms in total. The van der Waals surface area contributed by atoms with Gasteiger partial charge in [-0.2, -0.15) is 0 Å². The first-order valence-electron chi connectivity index (χ1n) is 24.8. The molecular weight excluding hydrogens is 825 g/mol. The highest BCUT2D eigenvalue weighted by molar-refractivity contribution is 5.83. The zero-order chi connectivity index (χ0) is 48.7. The molecule has 0 radical (unpaired) electrons. The van der Waals surface area contributed by atoms with Crippen LogP contribution in [-0.4, -0.2) is 85.7 Å². The Hall–Kier alpha value is -3.90. The molecule has 8 bridgehead atoms. The predicted molar refractivity (Wildman–Crippen MR) is 274 cm³/mol. The molecule has 10 heteroatoms. The normalized spacial score (nSPS) is 16.5. The van der Waals surface area contributed by atoms with E-state index >= 15 is 0 Å². The standard InChI is InChI=1S/C56H84N4O6/c1-34(2)14-13-15-35(3)30-39-43-19-21-45(57-43)40(31-36(4)16-27-51(61)54(7,8)64)47-23-25-49(59-47)42(33-38(6)18-29-53(63)56(11,12)66)50-26-24-48(60-50)41(46-22-20-44(39)58-46)32-37(5)17-28-52(62)55(9,10)65/h14,19-26,35-38,51-53,57,59,61-66H,13,15-18,27-33H2,1-12H3. The Morgan fingerprint density at radius 1 is 0.470 bits per heavy atom. The third-order valence-corrected chi connectivity index (χ3v) is 13.9. The Morgan fingerprint density at radius 3 is 1.09 bits per heavy atom. The Morgan fingerprint density at radius 2 is 0.758 bits per heavy atom. The van der Waals surface area contributed by atoms with Crippen LogP contribution in [0.2, 0.25) is 0 Å². The molecule has 2 aliphatic rings. The molecule has 0 aromatic carbocycles. The van der Waals surface area contributed by atoms with Gasteiger partial charge in [-0.15, -0.1) is 0 Å². The van der Waals surface area contributed by atoms with E-state index in [2.05, 4.69) is 106 Å². The number of aliphatic hydroxyl groups excluding tert-OH is 3. The van der Waals surface area contributed by atoms with E-state index in [1.165, 1.54) is 5.57 Å². The van der Waals surface area contributed by atoms with Gasteiger partial charge in [0.2, 0.25) is 0 Å². The molecule has 3 aromatic rings. The van der Waals surface area contributed by atoms with Gasteiger partial charge in [-0.3, -0.25) is 0 Å². The van der Waals surface area contributed by atoms with Crippen molar-refractivity contribution >= 4 is 46.4 Å². The molecule has 0 saturated carbocycles. The maximum absolute atomic E-state index is 10.8. The Labute approximate surface area is 395 Å². The molecule has 5 rings (SSSR count). The number of nitrogens with zero attached hydrogens (tertiary/aromatic N) is 2. The first-order valence-corrected chi connectivity index (χ1v) is 24.8. The number of allylic oxidation sites excluding steroid dienone is 2. The number of nitrogens with one attached hydrogen (secondary N) is 2. The molecule has 8 N–H and O–H groups in total. The van der Waals surface area contributed by atoms with Gasteiger partial charge in [0.25, 0.3) is 0 Å². The average molecular weight is 909 g/mol. The lowest BCUT2D eigenvalue weighted by Gasteiger charge is -2.25. The van der Waals surface area contributed by atoms with Crippen molar-refractivity contribution in [2.45, 2.75) is 195 Å². The predicted octanol–water partition coefficient (Wildman–Crippen LogP) is 10.9. The molecule has 0 amide bonds. The van der Waals surface area contributed by atoms with Gasteiger partial charge < -0.3 is 40.6 Å². The summed E-state index contributed by atoms with van der Waals surface area (Å²) >= 11 is 0. The van der Waals surface area contributed by atoms with Gasteiger partial charge in [-0.05, 0) is 210 Å². The summed E-state index contributed by atoms with van der Waals surface area (Å²) in [6.07, 6.45) is 16.9. The van der Waals surface area contributed by atoms with Crippen molar-refractivity contribution in [3.63, 3.8) is 0 Å². The summed E-state index contributed by atoms with van der Waals surface area (Å²) in [6, 6.07) is 8.69. The molecule has 364 valence electrons. The lowest BCUT2D eigenvalue weighted by Crippen LogP contribution is -2.36. The van der Waals surface area contributed by atoms with Crippen molar-refractivity contribution in [1.29, 1.82) is 0 Å². The number of hydrogen-bond donors (Lipinski definition) is 8. The fourth-order valence-corrected chi connectivity index (χ4v) is 9.15. The zero-order valence-corrected chi connectivity index (χ0v) is 42.3. The fourth-order valence-electron chi connectivity index (χ4n) is 9.15. The number of H-pyrrole nitrogens is 2. The Bertz CT molecular complexity index is 2350. The van der Waals surface area contributed by atoms with Crippen LogP contribution in [0.15, 0.2) is 35.9 Å². The van der Waals surface area contributed by atoms with Gasteiger partial charge in [0.05, 0.1) is 57.9 Å². The van der Waals surface area contributed by atoms with E-state index in [4.69, 9.17) is 9.97 Å². The second kappa shape index (κ2) is 22.5. The summed E-state index contributed by atoms with van der Waals surface area (Å²) in [5, 5.41) is 63.8. The van der Waals surface area contributed by atoms with Crippen molar-refractivity contribution in [2.75, 3.05) is 0 Å². The highest BCUT2D eigenvalue weighted by Gasteiger charge is 2.28. The van der Waals surface area contributed by atoms with Crippen LogP contribution < -0.4 is 0 Å². The van der Waals surface area contributed by atoms with Gasteiger partial charge in [-0.25, -0.2) is 9.97 Å². The van der Waals surface area contributed by atoms with Crippen LogP contribution in [0.5, 0.6) is 0 Å². The number of hydrogen-bond acceptors (Lipinski definition) is 8. The van der Waals surface area contributed by atoms with Gasteiger partial charge in [0.15, 0.2) is 0 Å². The van der Waals surface area contributed by atoms with Crippen LogP contribution in [0.3, 0.4) is 0 Å². The summed E-state index contributed by atoms with van der Waals surface area (Å²) in [5.74, 6) is 0.913. The third-order valence-electron chi connectivity index (χ3n) is 13.9. The number of rotatable bonds is 23. The van der Waals surface area contributed by atoms with Crippen molar-refractivity contribution in [3.8, 4) is 0 Å². The van der Waals surface area contributed by atoms with Crippen LogP contribution in [0.4, 0.5) is 0 Å². The van der Waals surface area contributed by atoms with Crippen LogP contribution in [0, 0.1) is 23.7 Å². The second-order valence-electron chi connectivity index (χ2n) is 22.3. The van der Waals surface area contributed by atoms with E-state index in [1.807, 2.05) is 0 Å². The fraction of sp³-hybridized carbons (Fsp3) is 0.607. The molecule has 66 heavy (non-hydrogen) atoms. The van der Waals surface area contributed by atoms with Crippen LogP contribution in [-0.2, 0) is 25.7 Å². The SMILES string of the molecule is CC(C)=CCCC(C)Cc1c2nc(c(CC(C)CCC(O)C(C)(C)O)c3nc(c(CC(C)CCC(O)C(C)(C)O)c4ccc([nH]4)c(CC(C)CCC(O)C(C)(C)O)c4ccc1[nH]4)C=C3)C=C2. The maximum atomic E-state index is 10.8. The van der Waals surface area contributed by atoms with E-state index in [9.17, 15) is 30.6 Å². The Balaban J connectivity index is 1.76. The quantitative estimate of drug-likeness (QED) is 0.0298. The van der Waals surface area contributed by atoms with E-state index < -0.39 is 35.1 Å². The number of aliphatic hydroxyl groups is 6. The van der Waals surface area contributed by atoms with Gasteiger partial charge >= 0.3 is 0 Å². The van der Waals surface area contributed by atoms with Crippen LogP contribution >= 0.6 is 0 Å². The molecule has 2 aliphatic heterocycles. The highest BCUT2D eigenvalue weighted by atomic mass is 16.3. The topological polar surface area (TPSA) is 179 Å². The molecule has 0 aliphatic carbocycles. The van der Waals surface area contributed by atoms with Crippen LogP contribution in [0.1, 0.15) is 179 Å². The first kappa shape index (κ1) is 53.1. The first-order chi connectivity index (χ1) is 30.8. The summed E-state index contributed by atoms with van der Waals surface area (Å²) in [4.78, 5) is 18.6. The van der Waals surface area contributed by atoms with Crippen LogP contribution in [0.25, 0.3) is 46.4 Å². The molecule has 7 atom stereocenters. The van der Waals surface area contributed by atoms with E-state index in [-0.39, 0.29) is 17.8 Å². The van der Waals surface area contributed by atoms with Crippen molar-refractivity contribution < 1.29 is 30.6 Å². The molecule has 3 aromatic heterocycles. The van der Waals surface area contributed by atoms with E-state index in [1.54, 1.807) is 41.5 Å².